The van der Waals surface area contributed by atoms with E-state index >= 15 is 0 Å². The Bertz CT molecular complexity index is 388. The molecule has 100 valence electrons. The van der Waals surface area contributed by atoms with Crippen LogP contribution in [0.4, 0.5) is 10.5 Å². The van der Waals surface area contributed by atoms with Gasteiger partial charge < -0.3 is 16.4 Å². The second-order valence-electron chi connectivity index (χ2n) is 4.38. The fourth-order valence-electron chi connectivity index (χ4n) is 1.46. The number of nitrogens with one attached hydrogen (secondary N) is 2. The molecule has 0 aliphatic rings. The molecule has 5 heteroatoms. The monoisotopic (exact) mass is 269 g/mol. The van der Waals surface area contributed by atoms with Gasteiger partial charge in [0.15, 0.2) is 0 Å². The molecule has 0 aromatic heterocycles. The van der Waals surface area contributed by atoms with E-state index in [0.29, 0.717) is 17.3 Å². The van der Waals surface area contributed by atoms with Crippen molar-refractivity contribution in [3.8, 4) is 0 Å². The number of rotatable bonds is 5. The Balaban J connectivity index is 2.45. The predicted octanol–water partition coefficient (Wildman–Crippen LogP) is 2.98. The van der Waals surface area contributed by atoms with Gasteiger partial charge in [-0.3, -0.25) is 0 Å². The molecule has 0 aliphatic carbocycles. The minimum Gasteiger partial charge on any atom is -0.336 e. The number of nitrogens with two attached hydrogens (primary N) is 1. The van der Waals surface area contributed by atoms with Crippen LogP contribution in [0.15, 0.2) is 24.3 Å². The van der Waals surface area contributed by atoms with Crippen LogP contribution in [0.25, 0.3) is 0 Å². The standard InChI is InChI=1S/C13H20ClN3O/c1-3-13(15,4-2)9-16-12(18)17-11-7-5-10(14)6-8-11/h5-8H,3-4,9,15H2,1-2H3,(H2,16,17,18). The lowest BCUT2D eigenvalue weighted by molar-refractivity contribution is 0.247. The maximum absolute atomic E-state index is 11.7. The molecule has 1 aromatic carbocycles. The third-order valence-corrected chi connectivity index (χ3v) is 3.36. The van der Waals surface area contributed by atoms with Crippen molar-refractivity contribution in [1.82, 2.24) is 5.32 Å². The van der Waals surface area contributed by atoms with E-state index in [1.165, 1.54) is 0 Å². The third kappa shape index (κ3) is 4.55. The highest BCUT2D eigenvalue weighted by molar-refractivity contribution is 6.30. The predicted molar refractivity (Wildman–Crippen MR) is 76.0 cm³/mol. The van der Waals surface area contributed by atoms with Crippen molar-refractivity contribution in [2.75, 3.05) is 11.9 Å². The molecule has 0 radical (unpaired) electrons. The maximum atomic E-state index is 11.7. The number of halogens is 1. The molecule has 0 saturated carbocycles. The Hall–Kier alpha value is -1.26. The first kappa shape index (κ1) is 14.8. The lowest BCUT2D eigenvalue weighted by Crippen LogP contribution is -2.50. The van der Waals surface area contributed by atoms with Gasteiger partial charge in [-0.15, -0.1) is 0 Å². The first-order valence-corrected chi connectivity index (χ1v) is 6.46. The SMILES string of the molecule is CCC(N)(CC)CNC(=O)Nc1ccc(Cl)cc1. The quantitative estimate of drug-likeness (QED) is 0.769. The molecule has 0 bridgehead atoms. The van der Waals surface area contributed by atoms with Gasteiger partial charge in [0.1, 0.15) is 0 Å². The molecule has 2 amide bonds. The van der Waals surface area contributed by atoms with E-state index in [9.17, 15) is 4.79 Å². The number of benzene rings is 1. The van der Waals surface area contributed by atoms with Crippen LogP contribution in [0.3, 0.4) is 0 Å². The Morgan fingerprint density at radius 1 is 1.28 bits per heavy atom. The van der Waals surface area contributed by atoms with Crippen LogP contribution in [0.1, 0.15) is 26.7 Å². The van der Waals surface area contributed by atoms with E-state index in [1.54, 1.807) is 24.3 Å². The van der Waals surface area contributed by atoms with Gasteiger partial charge in [-0.2, -0.15) is 0 Å². The van der Waals surface area contributed by atoms with Crippen molar-refractivity contribution in [3.05, 3.63) is 29.3 Å². The summed E-state index contributed by atoms with van der Waals surface area (Å²) in [6, 6.07) is 6.69. The van der Waals surface area contributed by atoms with Crippen LogP contribution in [0.2, 0.25) is 5.02 Å². The van der Waals surface area contributed by atoms with Gasteiger partial charge in [-0.1, -0.05) is 25.4 Å². The highest BCUT2D eigenvalue weighted by atomic mass is 35.5. The zero-order valence-corrected chi connectivity index (χ0v) is 11.6. The topological polar surface area (TPSA) is 67.1 Å². The van der Waals surface area contributed by atoms with Gasteiger partial charge in [-0.25, -0.2) is 4.79 Å². The second kappa shape index (κ2) is 6.61. The molecule has 0 atom stereocenters. The van der Waals surface area contributed by atoms with E-state index < -0.39 is 0 Å². The Morgan fingerprint density at radius 3 is 2.33 bits per heavy atom. The van der Waals surface area contributed by atoms with Gasteiger partial charge in [0.25, 0.3) is 0 Å². The molecule has 0 fully saturated rings. The molecule has 4 nitrogen and oxygen atoms in total. The van der Waals surface area contributed by atoms with Crippen LogP contribution in [0.5, 0.6) is 0 Å². The van der Waals surface area contributed by atoms with Crippen molar-refractivity contribution < 1.29 is 4.79 Å². The van der Waals surface area contributed by atoms with E-state index in [-0.39, 0.29) is 11.6 Å². The smallest absolute Gasteiger partial charge is 0.319 e. The van der Waals surface area contributed by atoms with Crippen LogP contribution in [-0.2, 0) is 0 Å². The second-order valence-corrected chi connectivity index (χ2v) is 4.82. The van der Waals surface area contributed by atoms with Gasteiger partial charge in [-0.05, 0) is 37.1 Å². The van der Waals surface area contributed by atoms with E-state index in [2.05, 4.69) is 10.6 Å². The first-order valence-electron chi connectivity index (χ1n) is 6.08. The minimum atomic E-state index is -0.336. The number of carbonyl (C=O) groups is 1. The highest BCUT2D eigenvalue weighted by Gasteiger charge is 2.20. The maximum Gasteiger partial charge on any atom is 0.319 e. The van der Waals surface area contributed by atoms with Crippen molar-refractivity contribution in [2.24, 2.45) is 5.73 Å². The number of urea groups is 1. The van der Waals surface area contributed by atoms with Crippen molar-refractivity contribution >= 4 is 23.3 Å². The molecule has 0 aliphatic heterocycles. The van der Waals surface area contributed by atoms with Crippen molar-refractivity contribution in [2.45, 2.75) is 32.2 Å². The molecular weight excluding hydrogens is 250 g/mol. The first-order chi connectivity index (χ1) is 8.49. The minimum absolute atomic E-state index is 0.256. The summed E-state index contributed by atoms with van der Waals surface area (Å²) >= 11 is 5.76. The number of hydrogen-bond donors (Lipinski definition) is 3. The van der Waals surface area contributed by atoms with Crippen molar-refractivity contribution in [1.29, 1.82) is 0 Å². The number of hydrogen-bond acceptors (Lipinski definition) is 2. The molecule has 18 heavy (non-hydrogen) atoms. The lowest BCUT2D eigenvalue weighted by atomic mass is 9.94. The third-order valence-electron chi connectivity index (χ3n) is 3.11. The fraction of sp³-hybridized carbons (Fsp3) is 0.462. The van der Waals surface area contributed by atoms with Crippen LogP contribution >= 0.6 is 11.6 Å². The summed E-state index contributed by atoms with van der Waals surface area (Å²) in [5, 5.41) is 6.14. The lowest BCUT2D eigenvalue weighted by Gasteiger charge is -2.26. The normalized spacial score (nSPS) is 11.1. The number of anilines is 1. The van der Waals surface area contributed by atoms with Gasteiger partial charge >= 0.3 is 6.03 Å². The fourth-order valence-corrected chi connectivity index (χ4v) is 1.59. The molecule has 0 unspecified atom stereocenters. The molecule has 4 N–H and O–H groups in total. The summed E-state index contributed by atoms with van der Waals surface area (Å²) in [5.41, 5.74) is 6.46. The van der Waals surface area contributed by atoms with Crippen molar-refractivity contribution in [3.63, 3.8) is 0 Å². The largest absolute Gasteiger partial charge is 0.336 e. The Morgan fingerprint density at radius 2 is 1.83 bits per heavy atom. The van der Waals surface area contributed by atoms with Crippen LogP contribution < -0.4 is 16.4 Å². The summed E-state index contributed by atoms with van der Waals surface area (Å²) in [5.74, 6) is 0. The van der Waals surface area contributed by atoms with E-state index in [4.69, 9.17) is 17.3 Å². The van der Waals surface area contributed by atoms with Crippen LogP contribution in [-0.4, -0.2) is 18.1 Å². The average molecular weight is 270 g/mol. The van der Waals surface area contributed by atoms with E-state index in [0.717, 1.165) is 12.8 Å². The summed E-state index contributed by atoms with van der Waals surface area (Å²) < 4.78 is 0. The number of carbonyl (C=O) groups excluding carboxylic acids is 1. The van der Waals surface area contributed by atoms with Crippen LogP contribution in [0, 0.1) is 0 Å². The van der Waals surface area contributed by atoms with Gasteiger partial charge in [0, 0.05) is 22.8 Å². The Kier molecular flexibility index (Phi) is 5.44. The Labute approximate surface area is 113 Å². The summed E-state index contributed by atoms with van der Waals surface area (Å²) in [6.45, 7) is 4.49. The number of amides is 2. The van der Waals surface area contributed by atoms with Gasteiger partial charge in [0.05, 0.1) is 0 Å². The summed E-state index contributed by atoms with van der Waals surface area (Å²) in [6.07, 6.45) is 1.65. The molecule has 0 heterocycles. The zero-order chi connectivity index (χ0) is 13.6. The molecule has 1 rings (SSSR count). The molecule has 1 aromatic rings. The average Bonchev–Trinajstić information content (AvgIpc) is 2.39. The molecule has 0 spiro atoms. The van der Waals surface area contributed by atoms with Gasteiger partial charge in [0.2, 0.25) is 0 Å². The van der Waals surface area contributed by atoms with E-state index in [1.807, 2.05) is 13.8 Å². The zero-order valence-electron chi connectivity index (χ0n) is 10.8. The molecule has 0 saturated heterocycles. The highest BCUT2D eigenvalue weighted by Crippen LogP contribution is 2.13. The summed E-state index contributed by atoms with van der Waals surface area (Å²) in [7, 11) is 0. The molecular formula is C13H20ClN3O. The summed E-state index contributed by atoms with van der Waals surface area (Å²) in [4.78, 5) is 11.7.